The quantitative estimate of drug-likeness (QED) is 0.879. The maximum Gasteiger partial charge on any atom is 0.320 e. The first-order valence-corrected chi connectivity index (χ1v) is 7.27. The Hall–Kier alpha value is -1.27. The average Bonchev–Trinajstić information content (AvgIpc) is 2.47. The topological polar surface area (TPSA) is 67.8 Å². The smallest absolute Gasteiger partial charge is 0.320 e. The highest BCUT2D eigenvalue weighted by atomic mass is 79.9. The molecule has 2 N–H and O–H groups in total. The Kier molecular flexibility index (Phi) is 4.88. The molecule has 0 radical (unpaired) electrons. The predicted molar refractivity (Wildman–Crippen MR) is 78.4 cm³/mol. The molecule has 2 unspecified atom stereocenters. The molecule has 20 heavy (non-hydrogen) atoms. The van der Waals surface area contributed by atoms with Gasteiger partial charge in [0.25, 0.3) is 0 Å². The summed E-state index contributed by atoms with van der Waals surface area (Å²) in [4.78, 5) is 11.1. The van der Waals surface area contributed by atoms with E-state index in [0.717, 1.165) is 22.9 Å². The van der Waals surface area contributed by atoms with E-state index >= 15 is 0 Å². The van der Waals surface area contributed by atoms with Crippen molar-refractivity contribution in [3.8, 4) is 11.5 Å². The van der Waals surface area contributed by atoms with Crippen LogP contribution in [0.4, 0.5) is 0 Å². The van der Waals surface area contributed by atoms with E-state index < -0.39 is 12.0 Å². The second-order valence-electron chi connectivity index (χ2n) is 4.75. The molecule has 0 spiro atoms. The van der Waals surface area contributed by atoms with E-state index in [9.17, 15) is 4.79 Å². The first-order valence-electron chi connectivity index (χ1n) is 6.47. The maximum atomic E-state index is 11.1. The van der Waals surface area contributed by atoms with Gasteiger partial charge in [0.05, 0.1) is 14.2 Å². The van der Waals surface area contributed by atoms with Gasteiger partial charge < -0.3 is 14.6 Å². The van der Waals surface area contributed by atoms with Crippen molar-refractivity contribution in [3.63, 3.8) is 0 Å². The summed E-state index contributed by atoms with van der Waals surface area (Å²) in [6.07, 6.45) is 2.42. The van der Waals surface area contributed by atoms with Gasteiger partial charge in [-0.3, -0.25) is 10.1 Å². The van der Waals surface area contributed by atoms with Crippen LogP contribution in [0.1, 0.15) is 30.9 Å². The monoisotopic (exact) mass is 343 g/mol. The van der Waals surface area contributed by atoms with Crippen LogP contribution in [0.25, 0.3) is 0 Å². The fourth-order valence-electron chi connectivity index (χ4n) is 2.57. The van der Waals surface area contributed by atoms with Crippen LogP contribution in [0.2, 0.25) is 0 Å². The standard InChI is InChI=1S/C14H18BrNO4/c1-19-11-7-6-8(13(20-2)12(11)15)9-4-3-5-10(16-9)14(17)18/h6-7,9-10,16H,3-5H2,1-2H3,(H,17,18). The molecular weight excluding hydrogens is 326 g/mol. The van der Waals surface area contributed by atoms with Crippen molar-refractivity contribution in [2.24, 2.45) is 0 Å². The molecule has 0 saturated carbocycles. The fraction of sp³-hybridized carbons (Fsp3) is 0.500. The maximum absolute atomic E-state index is 11.1. The molecule has 0 aliphatic carbocycles. The number of aliphatic carboxylic acids is 1. The molecule has 5 nitrogen and oxygen atoms in total. The largest absolute Gasteiger partial charge is 0.495 e. The van der Waals surface area contributed by atoms with Crippen LogP contribution in [-0.2, 0) is 4.79 Å². The first kappa shape index (κ1) is 15.1. The molecule has 1 aromatic rings. The zero-order chi connectivity index (χ0) is 14.7. The van der Waals surface area contributed by atoms with Gasteiger partial charge >= 0.3 is 5.97 Å². The number of piperidine rings is 1. The molecule has 1 aliphatic heterocycles. The Morgan fingerprint density at radius 3 is 2.70 bits per heavy atom. The molecular formula is C14H18BrNO4. The lowest BCUT2D eigenvalue weighted by Crippen LogP contribution is -2.42. The zero-order valence-corrected chi connectivity index (χ0v) is 13.1. The molecule has 1 heterocycles. The Morgan fingerprint density at radius 1 is 1.35 bits per heavy atom. The predicted octanol–water partition coefficient (Wildman–Crippen LogP) is 2.73. The highest BCUT2D eigenvalue weighted by molar-refractivity contribution is 9.10. The van der Waals surface area contributed by atoms with Crippen LogP contribution >= 0.6 is 15.9 Å². The number of hydrogen-bond acceptors (Lipinski definition) is 4. The number of nitrogens with one attached hydrogen (secondary N) is 1. The van der Waals surface area contributed by atoms with Crippen molar-refractivity contribution in [3.05, 3.63) is 22.2 Å². The van der Waals surface area contributed by atoms with E-state index in [1.165, 1.54) is 0 Å². The molecule has 1 aliphatic rings. The Bertz CT molecular complexity index is 506. The number of carboxylic acids is 1. The molecule has 1 saturated heterocycles. The Balaban J connectivity index is 2.32. The number of hydrogen-bond donors (Lipinski definition) is 2. The zero-order valence-electron chi connectivity index (χ0n) is 11.5. The highest BCUT2D eigenvalue weighted by Gasteiger charge is 2.29. The molecule has 1 fully saturated rings. The van der Waals surface area contributed by atoms with E-state index in [-0.39, 0.29) is 6.04 Å². The van der Waals surface area contributed by atoms with Gasteiger partial charge in [0.2, 0.25) is 0 Å². The van der Waals surface area contributed by atoms with Gasteiger partial charge in [0, 0.05) is 11.6 Å². The van der Waals surface area contributed by atoms with Gasteiger partial charge in [0.1, 0.15) is 22.0 Å². The lowest BCUT2D eigenvalue weighted by molar-refractivity contribution is -0.140. The number of rotatable bonds is 4. The van der Waals surface area contributed by atoms with Gasteiger partial charge in [-0.2, -0.15) is 0 Å². The summed E-state index contributed by atoms with van der Waals surface area (Å²) in [6, 6.07) is 3.25. The van der Waals surface area contributed by atoms with Gasteiger partial charge in [-0.1, -0.05) is 0 Å². The van der Waals surface area contributed by atoms with E-state index in [4.69, 9.17) is 14.6 Å². The molecule has 110 valence electrons. The summed E-state index contributed by atoms with van der Waals surface area (Å²) in [5, 5.41) is 12.3. The third kappa shape index (κ3) is 2.91. The first-order chi connectivity index (χ1) is 9.58. The van der Waals surface area contributed by atoms with Crippen molar-refractivity contribution in [2.75, 3.05) is 14.2 Å². The van der Waals surface area contributed by atoms with Gasteiger partial charge in [0.15, 0.2) is 0 Å². The lowest BCUT2D eigenvalue weighted by atomic mass is 9.93. The Morgan fingerprint density at radius 2 is 2.10 bits per heavy atom. The van der Waals surface area contributed by atoms with Crippen LogP contribution in [0.5, 0.6) is 11.5 Å². The van der Waals surface area contributed by atoms with E-state index in [1.807, 2.05) is 12.1 Å². The summed E-state index contributed by atoms with van der Waals surface area (Å²) in [5.74, 6) is 0.574. The molecule has 0 aromatic heterocycles. The van der Waals surface area contributed by atoms with E-state index in [0.29, 0.717) is 17.9 Å². The van der Waals surface area contributed by atoms with E-state index in [2.05, 4.69) is 21.2 Å². The van der Waals surface area contributed by atoms with E-state index in [1.54, 1.807) is 14.2 Å². The third-order valence-electron chi connectivity index (χ3n) is 3.58. The van der Waals surface area contributed by atoms with Crippen molar-refractivity contribution in [1.82, 2.24) is 5.32 Å². The summed E-state index contributed by atoms with van der Waals surface area (Å²) in [7, 11) is 3.19. The average molecular weight is 344 g/mol. The Labute approximate surface area is 126 Å². The highest BCUT2D eigenvalue weighted by Crippen LogP contribution is 2.41. The van der Waals surface area contributed by atoms with Gasteiger partial charge in [-0.15, -0.1) is 0 Å². The minimum absolute atomic E-state index is 0.0259. The summed E-state index contributed by atoms with van der Waals surface area (Å²) < 4.78 is 11.5. The SMILES string of the molecule is COc1ccc(C2CCCC(C(=O)O)N2)c(OC)c1Br. The van der Waals surface area contributed by atoms with Crippen molar-refractivity contribution >= 4 is 21.9 Å². The van der Waals surface area contributed by atoms with Crippen LogP contribution in [-0.4, -0.2) is 31.3 Å². The lowest BCUT2D eigenvalue weighted by Gasteiger charge is -2.30. The number of carbonyl (C=O) groups is 1. The molecule has 2 atom stereocenters. The number of ether oxygens (including phenoxy) is 2. The number of carboxylic acid groups (broad SMARTS) is 1. The van der Waals surface area contributed by atoms with Crippen LogP contribution in [0.3, 0.4) is 0 Å². The van der Waals surface area contributed by atoms with Crippen LogP contribution in [0.15, 0.2) is 16.6 Å². The normalized spacial score (nSPS) is 22.4. The molecule has 6 heteroatoms. The molecule has 1 aromatic carbocycles. The third-order valence-corrected chi connectivity index (χ3v) is 4.33. The van der Waals surface area contributed by atoms with Crippen LogP contribution in [0, 0.1) is 0 Å². The fourth-order valence-corrected chi connectivity index (χ4v) is 3.25. The van der Waals surface area contributed by atoms with Crippen LogP contribution < -0.4 is 14.8 Å². The summed E-state index contributed by atoms with van der Waals surface area (Å²) in [6.45, 7) is 0. The van der Waals surface area contributed by atoms with Crippen molar-refractivity contribution in [2.45, 2.75) is 31.3 Å². The number of halogens is 1. The molecule has 2 rings (SSSR count). The van der Waals surface area contributed by atoms with Crippen molar-refractivity contribution in [1.29, 1.82) is 0 Å². The molecule has 0 bridgehead atoms. The summed E-state index contributed by atoms with van der Waals surface area (Å²) in [5.41, 5.74) is 0.950. The minimum atomic E-state index is -0.804. The van der Waals surface area contributed by atoms with Crippen molar-refractivity contribution < 1.29 is 19.4 Å². The minimum Gasteiger partial charge on any atom is -0.495 e. The summed E-state index contributed by atoms with van der Waals surface area (Å²) >= 11 is 3.47. The molecule has 0 amide bonds. The second kappa shape index (κ2) is 6.45. The number of benzene rings is 1. The second-order valence-corrected chi connectivity index (χ2v) is 5.54. The van der Waals surface area contributed by atoms with Gasteiger partial charge in [-0.05, 0) is 47.3 Å². The number of methoxy groups -OCH3 is 2. The van der Waals surface area contributed by atoms with Gasteiger partial charge in [-0.25, -0.2) is 0 Å².